The van der Waals surface area contributed by atoms with Gasteiger partial charge in [-0.25, -0.2) is 4.98 Å². The topological polar surface area (TPSA) is 39.6 Å². The minimum absolute atomic E-state index is 0.497. The van der Waals surface area contributed by atoms with Gasteiger partial charge in [-0.2, -0.15) is 0 Å². The molecule has 0 bridgehead atoms. The van der Waals surface area contributed by atoms with E-state index in [1.54, 1.807) is 0 Å². The van der Waals surface area contributed by atoms with Crippen LogP contribution >= 0.6 is 0 Å². The first kappa shape index (κ1) is 13.8. The Balaban J connectivity index is 1.60. The molecule has 1 aromatic heterocycles. The van der Waals surface area contributed by atoms with Gasteiger partial charge in [0.05, 0.1) is 5.60 Å². The standard InChI is InChI=1S/C16H25N3O/c1-14-5-4-8-17-15(14)19-11-6-16(20,7-12-19)13-18-9-2-3-10-18/h4-5,8,20H,2-3,6-7,9-13H2,1H3. The third-order valence-electron chi connectivity index (χ3n) is 4.69. The number of aromatic nitrogens is 1. The molecule has 3 rings (SSSR count). The first-order valence-electron chi connectivity index (χ1n) is 7.78. The SMILES string of the molecule is Cc1cccnc1N1CCC(O)(CN2CCCC2)CC1. The monoisotopic (exact) mass is 275 g/mol. The quantitative estimate of drug-likeness (QED) is 0.913. The van der Waals surface area contributed by atoms with E-state index in [0.29, 0.717) is 0 Å². The van der Waals surface area contributed by atoms with Gasteiger partial charge < -0.3 is 14.9 Å². The van der Waals surface area contributed by atoms with Crippen LogP contribution in [0, 0.1) is 6.92 Å². The lowest BCUT2D eigenvalue weighted by Gasteiger charge is -2.41. The number of aryl methyl sites for hydroxylation is 1. The summed E-state index contributed by atoms with van der Waals surface area (Å²) in [5.41, 5.74) is 0.723. The van der Waals surface area contributed by atoms with Crippen LogP contribution in [0.3, 0.4) is 0 Å². The molecule has 0 unspecified atom stereocenters. The summed E-state index contributed by atoms with van der Waals surface area (Å²) >= 11 is 0. The second-order valence-corrected chi connectivity index (χ2v) is 6.34. The lowest BCUT2D eigenvalue weighted by atomic mass is 9.90. The van der Waals surface area contributed by atoms with Crippen LogP contribution in [0.1, 0.15) is 31.2 Å². The van der Waals surface area contributed by atoms with Gasteiger partial charge in [-0.3, -0.25) is 0 Å². The van der Waals surface area contributed by atoms with E-state index in [9.17, 15) is 5.11 Å². The Labute approximate surface area is 121 Å². The van der Waals surface area contributed by atoms with Crippen molar-refractivity contribution in [3.8, 4) is 0 Å². The fourth-order valence-electron chi connectivity index (χ4n) is 3.46. The molecular formula is C16H25N3O. The second-order valence-electron chi connectivity index (χ2n) is 6.34. The highest BCUT2D eigenvalue weighted by Crippen LogP contribution is 2.28. The Hall–Kier alpha value is -1.13. The number of piperidine rings is 1. The van der Waals surface area contributed by atoms with Gasteiger partial charge in [-0.15, -0.1) is 0 Å². The number of likely N-dealkylation sites (tertiary alicyclic amines) is 1. The van der Waals surface area contributed by atoms with Gasteiger partial charge in [0.1, 0.15) is 5.82 Å². The summed E-state index contributed by atoms with van der Waals surface area (Å²) in [4.78, 5) is 9.22. The van der Waals surface area contributed by atoms with E-state index in [1.807, 2.05) is 12.3 Å². The predicted octanol–water partition coefficient (Wildman–Crippen LogP) is 1.82. The van der Waals surface area contributed by atoms with Crippen LogP contribution in [0.5, 0.6) is 0 Å². The Kier molecular flexibility index (Phi) is 3.94. The molecular weight excluding hydrogens is 250 g/mol. The zero-order valence-corrected chi connectivity index (χ0v) is 12.4. The molecule has 0 aliphatic carbocycles. The van der Waals surface area contributed by atoms with Crippen molar-refractivity contribution in [2.75, 3.05) is 37.6 Å². The Morgan fingerprint density at radius 2 is 1.90 bits per heavy atom. The average molecular weight is 275 g/mol. The zero-order valence-electron chi connectivity index (χ0n) is 12.4. The number of β-amino-alcohol motifs (C(OH)–C–C–N with tert-alkyl or cyclic N) is 1. The van der Waals surface area contributed by atoms with E-state index in [-0.39, 0.29) is 0 Å². The highest BCUT2D eigenvalue weighted by molar-refractivity contribution is 5.46. The summed E-state index contributed by atoms with van der Waals surface area (Å²) in [6, 6.07) is 4.08. The molecule has 0 radical (unpaired) electrons. The maximum Gasteiger partial charge on any atom is 0.131 e. The zero-order chi connectivity index (χ0) is 14.0. The molecule has 4 nitrogen and oxygen atoms in total. The van der Waals surface area contributed by atoms with Gasteiger partial charge in [-0.1, -0.05) is 6.07 Å². The van der Waals surface area contributed by atoms with E-state index >= 15 is 0 Å². The van der Waals surface area contributed by atoms with E-state index in [0.717, 1.165) is 51.4 Å². The molecule has 1 aromatic rings. The maximum absolute atomic E-state index is 10.8. The second kappa shape index (κ2) is 5.70. The number of hydrogen-bond acceptors (Lipinski definition) is 4. The van der Waals surface area contributed by atoms with E-state index in [2.05, 4.69) is 27.8 Å². The normalized spacial score (nSPS) is 23.2. The van der Waals surface area contributed by atoms with Crippen LogP contribution in [-0.2, 0) is 0 Å². The van der Waals surface area contributed by atoms with Gasteiger partial charge >= 0.3 is 0 Å². The molecule has 3 heterocycles. The van der Waals surface area contributed by atoms with Crippen LogP contribution in [0.25, 0.3) is 0 Å². The van der Waals surface area contributed by atoms with E-state index in [1.165, 1.54) is 18.4 Å². The fraction of sp³-hybridized carbons (Fsp3) is 0.688. The summed E-state index contributed by atoms with van der Waals surface area (Å²) in [6.45, 7) is 7.08. The minimum atomic E-state index is -0.497. The first-order chi connectivity index (χ1) is 9.66. The molecule has 2 saturated heterocycles. The number of anilines is 1. The average Bonchev–Trinajstić information content (AvgIpc) is 2.93. The molecule has 20 heavy (non-hydrogen) atoms. The smallest absolute Gasteiger partial charge is 0.131 e. The molecule has 2 aliphatic rings. The largest absolute Gasteiger partial charge is 0.388 e. The molecule has 0 aromatic carbocycles. The molecule has 0 atom stereocenters. The van der Waals surface area contributed by atoms with Crippen LogP contribution < -0.4 is 4.90 Å². The molecule has 0 amide bonds. The van der Waals surface area contributed by atoms with Crippen molar-refractivity contribution in [2.24, 2.45) is 0 Å². The summed E-state index contributed by atoms with van der Waals surface area (Å²) in [7, 11) is 0. The molecule has 0 spiro atoms. The summed E-state index contributed by atoms with van der Waals surface area (Å²) in [6.07, 6.45) is 6.12. The first-order valence-corrected chi connectivity index (χ1v) is 7.78. The van der Waals surface area contributed by atoms with Crippen LogP contribution in [0.4, 0.5) is 5.82 Å². The molecule has 2 aliphatic heterocycles. The third-order valence-corrected chi connectivity index (χ3v) is 4.69. The van der Waals surface area contributed by atoms with Gasteiger partial charge in [0, 0.05) is 25.8 Å². The lowest BCUT2D eigenvalue weighted by Crippen LogP contribution is -2.50. The van der Waals surface area contributed by atoms with Crippen LogP contribution in [0.15, 0.2) is 18.3 Å². The lowest BCUT2D eigenvalue weighted by molar-refractivity contribution is -0.0112. The van der Waals surface area contributed by atoms with Crippen molar-refractivity contribution < 1.29 is 5.11 Å². The Morgan fingerprint density at radius 1 is 1.20 bits per heavy atom. The van der Waals surface area contributed by atoms with Crippen molar-refractivity contribution in [3.05, 3.63) is 23.9 Å². The van der Waals surface area contributed by atoms with Gasteiger partial charge in [0.25, 0.3) is 0 Å². The molecule has 4 heteroatoms. The van der Waals surface area contributed by atoms with E-state index in [4.69, 9.17) is 0 Å². The van der Waals surface area contributed by atoms with Crippen molar-refractivity contribution in [1.29, 1.82) is 0 Å². The van der Waals surface area contributed by atoms with Crippen LogP contribution in [-0.4, -0.2) is 53.3 Å². The third kappa shape index (κ3) is 2.96. The van der Waals surface area contributed by atoms with Gasteiger partial charge in [0.2, 0.25) is 0 Å². The summed E-state index contributed by atoms with van der Waals surface area (Å²) in [5, 5.41) is 10.8. The molecule has 110 valence electrons. The molecule has 2 fully saturated rings. The Bertz CT molecular complexity index is 449. The predicted molar refractivity (Wildman–Crippen MR) is 81.0 cm³/mol. The summed E-state index contributed by atoms with van der Waals surface area (Å²) in [5.74, 6) is 1.08. The number of rotatable bonds is 3. The fourth-order valence-corrected chi connectivity index (χ4v) is 3.46. The molecule has 0 saturated carbocycles. The highest BCUT2D eigenvalue weighted by Gasteiger charge is 2.35. The maximum atomic E-state index is 10.8. The molecule has 1 N–H and O–H groups in total. The van der Waals surface area contributed by atoms with Crippen LogP contribution in [0.2, 0.25) is 0 Å². The summed E-state index contributed by atoms with van der Waals surface area (Å²) < 4.78 is 0. The van der Waals surface area contributed by atoms with Crippen molar-refractivity contribution in [1.82, 2.24) is 9.88 Å². The number of pyridine rings is 1. The van der Waals surface area contributed by atoms with Crippen molar-refractivity contribution >= 4 is 5.82 Å². The number of aliphatic hydroxyl groups is 1. The highest BCUT2D eigenvalue weighted by atomic mass is 16.3. The van der Waals surface area contributed by atoms with Gasteiger partial charge in [0.15, 0.2) is 0 Å². The van der Waals surface area contributed by atoms with Crippen molar-refractivity contribution in [2.45, 2.75) is 38.2 Å². The number of hydrogen-bond donors (Lipinski definition) is 1. The van der Waals surface area contributed by atoms with E-state index < -0.39 is 5.60 Å². The Morgan fingerprint density at radius 3 is 2.55 bits per heavy atom. The number of nitrogens with zero attached hydrogens (tertiary/aromatic N) is 3. The van der Waals surface area contributed by atoms with Crippen molar-refractivity contribution in [3.63, 3.8) is 0 Å². The van der Waals surface area contributed by atoms with Gasteiger partial charge in [-0.05, 0) is 57.3 Å². The minimum Gasteiger partial charge on any atom is -0.388 e.